The second-order valence-corrected chi connectivity index (χ2v) is 13.9. The molecule has 0 saturated carbocycles. The summed E-state index contributed by atoms with van der Waals surface area (Å²) < 4.78 is 58.0. The molecule has 3 aliphatic rings. The van der Waals surface area contributed by atoms with Crippen LogP contribution in [-0.2, 0) is 23.9 Å². The van der Waals surface area contributed by atoms with Crippen LogP contribution in [0, 0.1) is 11.2 Å². The lowest BCUT2D eigenvalue weighted by Crippen LogP contribution is -2.46. The third-order valence-electron chi connectivity index (χ3n) is 9.67. The number of halogens is 4. The molecule has 4 heterocycles. The van der Waals surface area contributed by atoms with Gasteiger partial charge in [0.1, 0.15) is 5.82 Å². The van der Waals surface area contributed by atoms with Gasteiger partial charge in [-0.05, 0) is 68.5 Å². The summed E-state index contributed by atoms with van der Waals surface area (Å²) in [5.41, 5.74) is 1.57. The number of carbonyl (C=O) groups is 2. The number of fused-ring (bicyclic) bond motifs is 3. The van der Waals surface area contributed by atoms with Crippen molar-refractivity contribution in [2.75, 3.05) is 29.9 Å². The molecule has 3 amide bonds. The molecule has 1 aromatic heterocycles. The lowest BCUT2D eigenvalue weighted by molar-refractivity contribution is -0.148. The number of nitrogens with one attached hydrogen (secondary N) is 1. The number of aromatic nitrogens is 2. The molecule has 252 valence electrons. The van der Waals surface area contributed by atoms with Crippen LogP contribution in [0.25, 0.3) is 0 Å². The Morgan fingerprint density at radius 3 is 2.23 bits per heavy atom. The zero-order valence-corrected chi connectivity index (χ0v) is 27.1. The van der Waals surface area contributed by atoms with E-state index in [1.807, 2.05) is 51.1 Å². The van der Waals surface area contributed by atoms with E-state index in [4.69, 9.17) is 0 Å². The third-order valence-corrected chi connectivity index (χ3v) is 9.67. The summed E-state index contributed by atoms with van der Waals surface area (Å²) in [6.45, 7) is 7.08. The van der Waals surface area contributed by atoms with Gasteiger partial charge in [-0.25, -0.2) is 14.2 Å². The first kappa shape index (κ1) is 33.0. The Morgan fingerprint density at radius 1 is 0.957 bits per heavy atom. The quantitative estimate of drug-likeness (QED) is 0.272. The van der Waals surface area contributed by atoms with E-state index in [0.29, 0.717) is 62.4 Å². The highest BCUT2D eigenvalue weighted by Gasteiger charge is 2.47. The molecular formula is C35H42F4N6O2. The number of benzene rings is 2. The number of imidazole rings is 1. The molecule has 2 saturated heterocycles. The monoisotopic (exact) mass is 654 g/mol. The molecule has 3 atom stereocenters. The van der Waals surface area contributed by atoms with Gasteiger partial charge in [-0.15, -0.1) is 0 Å². The smallest absolute Gasteiger partial charge is 0.336 e. The van der Waals surface area contributed by atoms with Crippen molar-refractivity contribution in [3.8, 4) is 0 Å². The molecule has 0 spiro atoms. The van der Waals surface area contributed by atoms with Gasteiger partial charge < -0.3 is 14.8 Å². The van der Waals surface area contributed by atoms with Crippen molar-refractivity contribution in [2.45, 2.75) is 90.1 Å². The van der Waals surface area contributed by atoms with Crippen molar-refractivity contribution in [1.82, 2.24) is 19.4 Å². The van der Waals surface area contributed by atoms with Gasteiger partial charge in [0.15, 0.2) is 0 Å². The Morgan fingerprint density at radius 2 is 1.62 bits per heavy atom. The number of piperidine rings is 1. The summed E-state index contributed by atoms with van der Waals surface area (Å²) in [5.74, 6) is -1.32. The van der Waals surface area contributed by atoms with Crippen molar-refractivity contribution in [1.29, 1.82) is 0 Å². The van der Waals surface area contributed by atoms with Gasteiger partial charge in [0.05, 0.1) is 12.2 Å². The fraction of sp³-hybridized carbons (Fsp3) is 0.514. The highest BCUT2D eigenvalue weighted by atomic mass is 19.4. The molecule has 2 aromatic carbocycles. The summed E-state index contributed by atoms with van der Waals surface area (Å²) >= 11 is 0. The topological polar surface area (TPSA) is 73.7 Å². The number of carbonyl (C=O) groups excluding carboxylic acids is 2. The first-order valence-corrected chi connectivity index (χ1v) is 16.4. The Hall–Kier alpha value is -3.93. The molecule has 6 rings (SSSR count). The van der Waals surface area contributed by atoms with Crippen LogP contribution >= 0.6 is 0 Å². The predicted octanol–water partition coefficient (Wildman–Crippen LogP) is 7.27. The van der Waals surface area contributed by atoms with Gasteiger partial charge in [0, 0.05) is 66.7 Å². The molecule has 8 nitrogen and oxygen atoms in total. The third kappa shape index (κ3) is 7.02. The van der Waals surface area contributed by atoms with E-state index < -0.39 is 17.4 Å². The van der Waals surface area contributed by atoms with Crippen molar-refractivity contribution < 1.29 is 27.2 Å². The van der Waals surface area contributed by atoms with Gasteiger partial charge in [0.25, 0.3) is 0 Å². The Labute approximate surface area is 272 Å². The van der Waals surface area contributed by atoms with Gasteiger partial charge in [-0.2, -0.15) is 13.2 Å². The van der Waals surface area contributed by atoms with E-state index in [1.165, 1.54) is 28.8 Å². The number of hydrogen-bond acceptors (Lipinski definition) is 4. The first-order chi connectivity index (χ1) is 22.3. The zero-order chi connectivity index (χ0) is 33.5. The van der Waals surface area contributed by atoms with Crippen LogP contribution in [0.5, 0.6) is 0 Å². The average molecular weight is 655 g/mol. The molecule has 3 aromatic rings. The van der Waals surface area contributed by atoms with Crippen molar-refractivity contribution in [3.63, 3.8) is 0 Å². The number of nitrogens with zero attached hydrogens (tertiary/aromatic N) is 5. The Kier molecular flexibility index (Phi) is 9.08. The fourth-order valence-corrected chi connectivity index (χ4v) is 7.56. The van der Waals surface area contributed by atoms with Gasteiger partial charge in [0.2, 0.25) is 11.7 Å². The maximum atomic E-state index is 14.4. The van der Waals surface area contributed by atoms with Crippen LogP contribution in [0.1, 0.15) is 76.1 Å². The zero-order valence-electron chi connectivity index (χ0n) is 27.1. The minimum atomic E-state index is -4.60. The normalized spacial score (nSPS) is 21.4. The number of rotatable bonds is 7. The SMILES string of the molecule is CC(C)(C)C(=O)N1CCc2c(nc(C(F)(F)F)n2[C@H]2C[C@H]3CC[C@@H](C2)N3CCCN(C(=O)Nc2ccc(F)cc2)c2ccccc2)C1. The highest BCUT2D eigenvalue weighted by molar-refractivity contribution is 6.01. The molecule has 3 aliphatic heterocycles. The van der Waals surface area contributed by atoms with Crippen LogP contribution in [0.4, 0.5) is 33.7 Å². The maximum Gasteiger partial charge on any atom is 0.449 e. The summed E-state index contributed by atoms with van der Waals surface area (Å²) in [7, 11) is 0. The molecule has 2 fully saturated rings. The molecule has 2 bridgehead atoms. The first-order valence-electron chi connectivity index (χ1n) is 16.4. The highest BCUT2D eigenvalue weighted by Crippen LogP contribution is 2.45. The molecule has 47 heavy (non-hydrogen) atoms. The van der Waals surface area contributed by atoms with Crippen molar-refractivity contribution >= 4 is 23.3 Å². The molecule has 0 unspecified atom stereocenters. The Bertz CT molecular complexity index is 1570. The van der Waals surface area contributed by atoms with Crippen LogP contribution in [-0.4, -0.2) is 63.0 Å². The summed E-state index contributed by atoms with van der Waals surface area (Å²) in [5, 5.41) is 2.85. The molecule has 0 radical (unpaired) electrons. The predicted molar refractivity (Wildman–Crippen MR) is 171 cm³/mol. The minimum absolute atomic E-state index is 0.0867. The van der Waals surface area contributed by atoms with E-state index in [-0.39, 0.29) is 42.4 Å². The molecular weight excluding hydrogens is 612 g/mol. The largest absolute Gasteiger partial charge is 0.449 e. The lowest BCUT2D eigenvalue weighted by atomic mass is 9.93. The number of urea groups is 1. The second kappa shape index (κ2) is 12.9. The minimum Gasteiger partial charge on any atom is -0.336 e. The van der Waals surface area contributed by atoms with E-state index in [0.717, 1.165) is 18.5 Å². The van der Waals surface area contributed by atoms with E-state index in [1.54, 1.807) is 9.80 Å². The number of alkyl halides is 3. The summed E-state index contributed by atoms with van der Waals surface area (Å²) in [6, 6.07) is 14.6. The van der Waals surface area contributed by atoms with Gasteiger partial charge >= 0.3 is 12.2 Å². The lowest BCUT2D eigenvalue weighted by Gasteiger charge is -2.41. The van der Waals surface area contributed by atoms with E-state index in [9.17, 15) is 27.2 Å². The molecule has 1 N–H and O–H groups in total. The standard InChI is InChI=1S/C35H42F4N6O2/c1-34(2,3)32(46)42-19-16-30-29(22-42)41-31(35(37,38)39)45(30)28-20-26-14-15-27(21-28)43(26)17-7-18-44(25-8-5-4-6-9-25)33(47)40-24-12-10-23(36)11-13-24/h4-6,8-13,26-28H,7,14-22H2,1-3H3,(H,40,47)/t26-,27+,28+. The maximum absolute atomic E-state index is 14.4. The van der Waals surface area contributed by atoms with Crippen molar-refractivity contribution in [3.05, 3.63) is 77.6 Å². The van der Waals surface area contributed by atoms with Crippen molar-refractivity contribution in [2.24, 2.45) is 5.41 Å². The van der Waals surface area contributed by atoms with Gasteiger partial charge in [-0.3, -0.25) is 14.6 Å². The van der Waals surface area contributed by atoms with Crippen LogP contribution in [0.15, 0.2) is 54.6 Å². The van der Waals surface area contributed by atoms with Gasteiger partial charge in [-0.1, -0.05) is 39.0 Å². The molecule has 12 heteroatoms. The number of anilines is 2. The van der Waals surface area contributed by atoms with Crippen LogP contribution < -0.4 is 10.2 Å². The van der Waals surface area contributed by atoms with E-state index in [2.05, 4.69) is 15.2 Å². The number of amides is 3. The number of hydrogen-bond donors (Lipinski definition) is 1. The average Bonchev–Trinajstić information content (AvgIpc) is 3.53. The van der Waals surface area contributed by atoms with E-state index >= 15 is 0 Å². The van der Waals surface area contributed by atoms with Crippen LogP contribution in [0.2, 0.25) is 0 Å². The molecule has 0 aliphatic carbocycles. The Balaban J connectivity index is 1.14. The van der Waals surface area contributed by atoms with Crippen LogP contribution in [0.3, 0.4) is 0 Å². The number of para-hydroxylation sites is 1. The summed E-state index contributed by atoms with van der Waals surface area (Å²) in [6.07, 6.45) is -0.537. The fourth-order valence-electron chi connectivity index (χ4n) is 7.56. The summed E-state index contributed by atoms with van der Waals surface area (Å²) in [4.78, 5) is 36.1. The second-order valence-electron chi connectivity index (χ2n) is 13.9.